The molecule has 1 N–H and O–H groups in total. The molecule has 0 aromatic rings. The van der Waals surface area contributed by atoms with Gasteiger partial charge in [-0.15, -0.1) is 0 Å². The Hall–Kier alpha value is -0.830. The molecule has 4 aliphatic rings. The summed E-state index contributed by atoms with van der Waals surface area (Å²) in [6, 6.07) is 0. The molecule has 4 rings (SSSR count). The summed E-state index contributed by atoms with van der Waals surface area (Å²) >= 11 is 0. The van der Waals surface area contributed by atoms with E-state index in [1.54, 1.807) is 5.57 Å². The average Bonchev–Trinajstić information content (AvgIpc) is 3.05. The Labute approximate surface area is 196 Å². The highest BCUT2D eigenvalue weighted by atomic mass is 16.5. The van der Waals surface area contributed by atoms with Crippen LogP contribution in [0.3, 0.4) is 0 Å². The Bertz CT molecular complexity index is 737. The average molecular weight is 445 g/mol. The minimum Gasteiger partial charge on any atom is -0.462 e. The van der Waals surface area contributed by atoms with E-state index in [-0.39, 0.29) is 22.9 Å². The summed E-state index contributed by atoms with van der Waals surface area (Å²) in [6.45, 7) is 13.3. The zero-order valence-corrected chi connectivity index (χ0v) is 21.6. The third-order valence-electron chi connectivity index (χ3n) is 10.6. The Morgan fingerprint density at radius 1 is 1.19 bits per heavy atom. The van der Waals surface area contributed by atoms with Crippen LogP contribution in [-0.4, -0.2) is 22.8 Å². The summed E-state index contributed by atoms with van der Waals surface area (Å²) in [6.07, 6.45) is 15.2. The number of rotatable bonds is 6. The molecule has 182 valence electrons. The number of fused-ring (bicyclic) bond motifs is 5. The van der Waals surface area contributed by atoms with E-state index in [4.69, 9.17) is 4.74 Å². The molecule has 4 aliphatic carbocycles. The lowest BCUT2D eigenvalue weighted by Crippen LogP contribution is -2.53. The third-order valence-corrected chi connectivity index (χ3v) is 10.6. The smallest absolute Gasteiger partial charge is 0.302 e. The Kier molecular flexibility index (Phi) is 6.64. The lowest BCUT2D eigenvalue weighted by molar-refractivity contribution is -0.149. The molecule has 3 nitrogen and oxygen atoms in total. The van der Waals surface area contributed by atoms with Gasteiger partial charge in [0, 0.05) is 13.3 Å². The largest absolute Gasteiger partial charge is 0.462 e. The van der Waals surface area contributed by atoms with Crippen molar-refractivity contribution in [1.29, 1.82) is 0 Å². The molecular weight excluding hydrogens is 396 g/mol. The molecule has 0 saturated heterocycles. The molecule has 3 saturated carbocycles. The monoisotopic (exact) mass is 444 g/mol. The van der Waals surface area contributed by atoms with Crippen molar-refractivity contribution in [2.75, 3.05) is 0 Å². The fourth-order valence-electron chi connectivity index (χ4n) is 9.03. The van der Waals surface area contributed by atoms with Crippen LogP contribution in [0.4, 0.5) is 0 Å². The van der Waals surface area contributed by atoms with Gasteiger partial charge < -0.3 is 9.84 Å². The standard InChI is InChI=1S/C29H48O3/c1-19(2)8-7-15-29(6,31)26-12-11-24-23-10-9-21-18-22(32-20(3)30)13-16-27(21,4)25(23)14-17-28(24,26)5/h9,19,22-26,31H,7-8,10-18H2,1-6H3/t22-,23-,24-,25-,26-,27-,28-,29-/m0/s1. The molecule has 3 heteroatoms. The van der Waals surface area contributed by atoms with Crippen molar-refractivity contribution >= 4 is 5.97 Å². The lowest BCUT2D eigenvalue weighted by Gasteiger charge is -2.59. The van der Waals surface area contributed by atoms with Crippen LogP contribution in [-0.2, 0) is 9.53 Å². The van der Waals surface area contributed by atoms with Gasteiger partial charge >= 0.3 is 5.97 Å². The molecule has 3 fully saturated rings. The summed E-state index contributed by atoms with van der Waals surface area (Å²) in [5, 5.41) is 11.6. The molecule has 0 spiro atoms. The topological polar surface area (TPSA) is 46.5 Å². The molecule has 0 aromatic heterocycles. The summed E-state index contributed by atoms with van der Waals surface area (Å²) < 4.78 is 5.60. The summed E-state index contributed by atoms with van der Waals surface area (Å²) in [4.78, 5) is 11.5. The normalized spacial score (nSPS) is 43.0. The first kappa shape index (κ1) is 24.3. The third kappa shape index (κ3) is 4.21. The quantitative estimate of drug-likeness (QED) is 0.352. The predicted octanol–water partition coefficient (Wildman–Crippen LogP) is 7.07. The van der Waals surface area contributed by atoms with Gasteiger partial charge in [-0.3, -0.25) is 4.79 Å². The molecule has 0 bridgehead atoms. The lowest BCUT2D eigenvalue weighted by atomic mass is 9.46. The zero-order chi connectivity index (χ0) is 23.3. The van der Waals surface area contributed by atoms with Gasteiger partial charge in [0.25, 0.3) is 0 Å². The molecule has 0 heterocycles. The second-order valence-electron chi connectivity index (χ2n) is 13.1. The fraction of sp³-hybridized carbons (Fsp3) is 0.897. The van der Waals surface area contributed by atoms with E-state index in [0.29, 0.717) is 11.8 Å². The van der Waals surface area contributed by atoms with Crippen molar-refractivity contribution in [2.45, 2.75) is 124 Å². The van der Waals surface area contributed by atoms with Gasteiger partial charge in [-0.2, -0.15) is 0 Å². The van der Waals surface area contributed by atoms with Gasteiger partial charge in [0.1, 0.15) is 6.10 Å². The number of esters is 1. The van der Waals surface area contributed by atoms with Crippen molar-refractivity contribution < 1.29 is 14.6 Å². The highest BCUT2D eigenvalue weighted by Gasteiger charge is 2.61. The van der Waals surface area contributed by atoms with Crippen LogP contribution >= 0.6 is 0 Å². The van der Waals surface area contributed by atoms with E-state index in [2.05, 4.69) is 40.7 Å². The zero-order valence-electron chi connectivity index (χ0n) is 21.6. The van der Waals surface area contributed by atoms with Gasteiger partial charge in [0.15, 0.2) is 0 Å². The Morgan fingerprint density at radius 2 is 1.94 bits per heavy atom. The van der Waals surface area contributed by atoms with Crippen LogP contribution in [0.25, 0.3) is 0 Å². The number of carbonyl (C=O) groups is 1. The molecule has 0 aliphatic heterocycles. The fourth-order valence-corrected chi connectivity index (χ4v) is 9.03. The Morgan fingerprint density at radius 3 is 2.62 bits per heavy atom. The van der Waals surface area contributed by atoms with E-state index in [9.17, 15) is 9.90 Å². The van der Waals surface area contributed by atoms with Gasteiger partial charge in [0.2, 0.25) is 0 Å². The van der Waals surface area contributed by atoms with Crippen molar-refractivity contribution in [3.8, 4) is 0 Å². The van der Waals surface area contributed by atoms with Crippen molar-refractivity contribution in [3.05, 3.63) is 11.6 Å². The molecule has 0 amide bonds. The van der Waals surface area contributed by atoms with Crippen LogP contribution in [0.1, 0.15) is 112 Å². The number of aliphatic hydroxyl groups is 1. The second-order valence-corrected chi connectivity index (χ2v) is 13.1. The summed E-state index contributed by atoms with van der Waals surface area (Å²) in [5.74, 6) is 3.26. The molecule has 8 atom stereocenters. The van der Waals surface area contributed by atoms with E-state index < -0.39 is 5.60 Å². The first-order chi connectivity index (χ1) is 15.0. The number of ether oxygens (including phenoxy) is 1. The van der Waals surface area contributed by atoms with Crippen molar-refractivity contribution in [3.63, 3.8) is 0 Å². The maximum Gasteiger partial charge on any atom is 0.302 e. The maximum absolute atomic E-state index is 11.6. The first-order valence-electron chi connectivity index (χ1n) is 13.6. The van der Waals surface area contributed by atoms with Gasteiger partial charge in [-0.05, 0) is 98.7 Å². The van der Waals surface area contributed by atoms with Crippen molar-refractivity contribution in [1.82, 2.24) is 0 Å². The molecule has 32 heavy (non-hydrogen) atoms. The van der Waals surface area contributed by atoms with Gasteiger partial charge in [-0.1, -0.05) is 52.2 Å². The summed E-state index contributed by atoms with van der Waals surface area (Å²) in [7, 11) is 0. The SMILES string of the molecule is CC(=O)O[C@H]1CC[C@@]2(C)C(=CC[C@H]3[C@@H]4CC[C@H]([C@@](C)(O)CCCC(C)C)[C@@]4(C)CC[C@@H]32)C1. The molecule has 0 unspecified atom stereocenters. The Balaban J connectivity index is 1.50. The number of allylic oxidation sites excluding steroid dienone is 1. The number of carbonyl (C=O) groups excluding carboxylic acids is 1. The predicted molar refractivity (Wildman–Crippen MR) is 130 cm³/mol. The summed E-state index contributed by atoms with van der Waals surface area (Å²) in [5.41, 5.74) is 1.58. The van der Waals surface area contributed by atoms with Crippen molar-refractivity contribution in [2.24, 2.45) is 40.4 Å². The van der Waals surface area contributed by atoms with Crippen LogP contribution in [0.15, 0.2) is 11.6 Å². The van der Waals surface area contributed by atoms with Gasteiger partial charge in [0.05, 0.1) is 5.60 Å². The van der Waals surface area contributed by atoms with Crippen LogP contribution in [0.2, 0.25) is 0 Å². The van der Waals surface area contributed by atoms with E-state index in [0.717, 1.165) is 49.9 Å². The molecular formula is C29H48O3. The second kappa shape index (κ2) is 8.75. The minimum atomic E-state index is -0.535. The number of hydrogen-bond donors (Lipinski definition) is 1. The number of hydrogen-bond acceptors (Lipinski definition) is 3. The van der Waals surface area contributed by atoms with Gasteiger partial charge in [-0.25, -0.2) is 0 Å². The highest BCUT2D eigenvalue weighted by molar-refractivity contribution is 5.66. The minimum absolute atomic E-state index is 0.0778. The van der Waals surface area contributed by atoms with Crippen LogP contribution < -0.4 is 0 Å². The van der Waals surface area contributed by atoms with E-state index in [1.807, 2.05) is 0 Å². The van der Waals surface area contributed by atoms with E-state index >= 15 is 0 Å². The van der Waals surface area contributed by atoms with Crippen LogP contribution in [0.5, 0.6) is 0 Å². The molecule has 0 aromatic carbocycles. The molecule has 0 radical (unpaired) electrons. The first-order valence-corrected chi connectivity index (χ1v) is 13.6. The maximum atomic E-state index is 11.6. The van der Waals surface area contributed by atoms with E-state index in [1.165, 1.54) is 45.4 Å². The van der Waals surface area contributed by atoms with Crippen LogP contribution in [0, 0.1) is 40.4 Å². The highest BCUT2D eigenvalue weighted by Crippen LogP contribution is 2.67.